The normalized spacial score (nSPS) is 17.0. The number of rotatable bonds is 5. The maximum absolute atomic E-state index is 12.5. The molecule has 0 heterocycles. The molecular formula is C16H20N2O2S. The van der Waals surface area contributed by atoms with Crippen molar-refractivity contribution < 1.29 is 9.90 Å². The second-order valence-corrected chi connectivity index (χ2v) is 6.41. The molecule has 2 N–H and O–H groups in total. The number of nitrogens with zero attached hydrogens (tertiary/aromatic N) is 1. The summed E-state index contributed by atoms with van der Waals surface area (Å²) < 4.78 is 0. The van der Waals surface area contributed by atoms with Crippen LogP contribution >= 0.6 is 11.8 Å². The lowest BCUT2D eigenvalue weighted by Crippen LogP contribution is -2.52. The summed E-state index contributed by atoms with van der Waals surface area (Å²) in [4.78, 5) is 13.3. The fourth-order valence-electron chi connectivity index (χ4n) is 2.75. The lowest BCUT2D eigenvalue weighted by molar-refractivity contribution is 0.0756. The molecule has 0 spiro atoms. The molecule has 5 heteroatoms. The first kappa shape index (κ1) is 15.9. The van der Waals surface area contributed by atoms with E-state index >= 15 is 0 Å². The van der Waals surface area contributed by atoms with Crippen LogP contribution in [0.5, 0.6) is 0 Å². The molecule has 1 aliphatic carbocycles. The zero-order valence-corrected chi connectivity index (χ0v) is 12.8. The molecule has 1 aliphatic rings. The van der Waals surface area contributed by atoms with Crippen LogP contribution in [-0.4, -0.2) is 28.9 Å². The highest BCUT2D eigenvalue weighted by atomic mass is 32.2. The highest BCUT2D eigenvalue weighted by molar-refractivity contribution is 7.99. The van der Waals surface area contributed by atoms with Crippen LogP contribution in [0.2, 0.25) is 0 Å². The molecule has 1 aromatic rings. The Hall–Kier alpha value is -1.51. The van der Waals surface area contributed by atoms with E-state index in [2.05, 4.69) is 11.4 Å². The van der Waals surface area contributed by atoms with Crippen LogP contribution in [0.15, 0.2) is 29.2 Å². The first-order valence-electron chi connectivity index (χ1n) is 7.23. The standard InChI is InChI=1S/C16H20N2O2S/c17-10-11-21-14-7-3-2-6-13(14)15(20)18-16(12-19)8-4-1-5-9-16/h2-3,6-7,19H,1,4-5,8-9,11-12H2,(H,18,20). The highest BCUT2D eigenvalue weighted by Gasteiger charge is 2.33. The van der Waals surface area contributed by atoms with E-state index in [9.17, 15) is 9.90 Å². The number of hydrogen-bond acceptors (Lipinski definition) is 4. The average Bonchev–Trinajstić information content (AvgIpc) is 2.54. The number of benzene rings is 1. The summed E-state index contributed by atoms with van der Waals surface area (Å²) in [6.07, 6.45) is 4.87. The summed E-state index contributed by atoms with van der Waals surface area (Å²) in [6, 6.07) is 9.37. The smallest absolute Gasteiger partial charge is 0.252 e. The van der Waals surface area contributed by atoms with Crippen molar-refractivity contribution in [3.8, 4) is 6.07 Å². The Bertz CT molecular complexity index is 533. The van der Waals surface area contributed by atoms with Gasteiger partial charge in [-0.2, -0.15) is 5.26 Å². The third-order valence-electron chi connectivity index (χ3n) is 3.92. The van der Waals surface area contributed by atoms with Gasteiger partial charge < -0.3 is 10.4 Å². The van der Waals surface area contributed by atoms with Crippen LogP contribution in [0, 0.1) is 11.3 Å². The number of thioether (sulfide) groups is 1. The maximum atomic E-state index is 12.5. The van der Waals surface area contributed by atoms with Gasteiger partial charge in [0.05, 0.1) is 29.5 Å². The zero-order valence-electron chi connectivity index (χ0n) is 12.0. The molecule has 0 atom stereocenters. The van der Waals surface area contributed by atoms with Crippen LogP contribution in [-0.2, 0) is 0 Å². The van der Waals surface area contributed by atoms with Gasteiger partial charge in [-0.3, -0.25) is 4.79 Å². The molecule has 0 aromatic heterocycles. The van der Waals surface area contributed by atoms with E-state index < -0.39 is 5.54 Å². The van der Waals surface area contributed by atoms with Gasteiger partial charge in [0.1, 0.15) is 0 Å². The van der Waals surface area contributed by atoms with Crippen molar-refractivity contribution in [1.82, 2.24) is 5.32 Å². The van der Waals surface area contributed by atoms with Crippen molar-refractivity contribution in [1.29, 1.82) is 5.26 Å². The van der Waals surface area contributed by atoms with E-state index in [1.807, 2.05) is 18.2 Å². The molecule has 1 aromatic carbocycles. The number of aliphatic hydroxyl groups excluding tert-OH is 1. The molecule has 1 saturated carbocycles. The van der Waals surface area contributed by atoms with Crippen molar-refractivity contribution in [2.75, 3.05) is 12.4 Å². The Morgan fingerprint density at radius 3 is 2.71 bits per heavy atom. The third kappa shape index (κ3) is 3.99. The quantitative estimate of drug-likeness (QED) is 0.820. The number of nitriles is 1. The SMILES string of the molecule is N#CCSc1ccccc1C(=O)NC1(CO)CCCCC1. The summed E-state index contributed by atoms with van der Waals surface area (Å²) >= 11 is 1.36. The molecule has 21 heavy (non-hydrogen) atoms. The summed E-state index contributed by atoms with van der Waals surface area (Å²) in [7, 11) is 0. The summed E-state index contributed by atoms with van der Waals surface area (Å²) in [5.41, 5.74) is 0.0960. The average molecular weight is 304 g/mol. The molecule has 2 rings (SSSR count). The molecule has 0 bridgehead atoms. The van der Waals surface area contributed by atoms with Gasteiger partial charge in [-0.25, -0.2) is 0 Å². The lowest BCUT2D eigenvalue weighted by atomic mass is 9.82. The summed E-state index contributed by atoms with van der Waals surface area (Å²) in [5, 5.41) is 21.4. The monoisotopic (exact) mass is 304 g/mol. The Kier molecular flexibility index (Phi) is 5.66. The molecule has 1 fully saturated rings. The van der Waals surface area contributed by atoms with E-state index in [1.54, 1.807) is 6.07 Å². The second-order valence-electron chi connectivity index (χ2n) is 5.40. The van der Waals surface area contributed by atoms with Gasteiger partial charge in [0, 0.05) is 4.90 Å². The minimum Gasteiger partial charge on any atom is -0.394 e. The summed E-state index contributed by atoms with van der Waals surface area (Å²) in [5.74, 6) is 0.155. The molecule has 1 amide bonds. The summed E-state index contributed by atoms with van der Waals surface area (Å²) in [6.45, 7) is -0.0216. The van der Waals surface area contributed by atoms with Crippen molar-refractivity contribution in [2.45, 2.75) is 42.5 Å². The Balaban J connectivity index is 2.14. The minimum atomic E-state index is -0.484. The minimum absolute atomic E-state index is 0.0216. The Morgan fingerprint density at radius 1 is 1.33 bits per heavy atom. The number of nitrogens with one attached hydrogen (secondary N) is 1. The van der Waals surface area contributed by atoms with Crippen LogP contribution in [0.25, 0.3) is 0 Å². The number of carbonyl (C=O) groups excluding carboxylic acids is 1. The number of amides is 1. The van der Waals surface area contributed by atoms with Crippen LogP contribution < -0.4 is 5.32 Å². The Labute approximate surface area is 129 Å². The maximum Gasteiger partial charge on any atom is 0.252 e. The van der Waals surface area contributed by atoms with E-state index in [0.29, 0.717) is 11.3 Å². The van der Waals surface area contributed by atoms with E-state index in [0.717, 1.165) is 37.0 Å². The fourth-order valence-corrected chi connectivity index (χ4v) is 3.46. The van der Waals surface area contributed by atoms with E-state index in [4.69, 9.17) is 5.26 Å². The van der Waals surface area contributed by atoms with Crippen LogP contribution in [0.3, 0.4) is 0 Å². The Morgan fingerprint density at radius 2 is 2.05 bits per heavy atom. The van der Waals surface area contributed by atoms with Gasteiger partial charge >= 0.3 is 0 Å². The van der Waals surface area contributed by atoms with Crippen molar-refractivity contribution in [3.63, 3.8) is 0 Å². The largest absolute Gasteiger partial charge is 0.394 e. The number of carbonyl (C=O) groups is 1. The van der Waals surface area contributed by atoms with Crippen molar-refractivity contribution >= 4 is 17.7 Å². The van der Waals surface area contributed by atoms with Crippen LogP contribution in [0.1, 0.15) is 42.5 Å². The zero-order chi connectivity index (χ0) is 15.1. The molecule has 0 saturated heterocycles. The van der Waals surface area contributed by atoms with Crippen molar-refractivity contribution in [3.05, 3.63) is 29.8 Å². The number of aliphatic hydroxyl groups is 1. The van der Waals surface area contributed by atoms with Crippen molar-refractivity contribution in [2.24, 2.45) is 0 Å². The first-order chi connectivity index (χ1) is 10.2. The molecule has 0 aliphatic heterocycles. The van der Waals surface area contributed by atoms with Gasteiger partial charge in [-0.15, -0.1) is 11.8 Å². The van der Waals surface area contributed by atoms with Gasteiger partial charge in [0.25, 0.3) is 5.91 Å². The van der Waals surface area contributed by atoms with E-state index in [1.165, 1.54) is 11.8 Å². The molecule has 4 nitrogen and oxygen atoms in total. The topological polar surface area (TPSA) is 73.1 Å². The molecule has 0 radical (unpaired) electrons. The molecule has 0 unspecified atom stereocenters. The first-order valence-corrected chi connectivity index (χ1v) is 8.21. The number of hydrogen-bond donors (Lipinski definition) is 2. The molecular weight excluding hydrogens is 284 g/mol. The highest BCUT2D eigenvalue weighted by Crippen LogP contribution is 2.29. The lowest BCUT2D eigenvalue weighted by Gasteiger charge is -2.36. The van der Waals surface area contributed by atoms with E-state index in [-0.39, 0.29) is 12.5 Å². The fraction of sp³-hybridized carbons (Fsp3) is 0.500. The van der Waals surface area contributed by atoms with Crippen LogP contribution in [0.4, 0.5) is 0 Å². The van der Waals surface area contributed by atoms with Gasteiger partial charge in [0.2, 0.25) is 0 Å². The second kappa shape index (κ2) is 7.48. The predicted molar refractivity (Wildman–Crippen MR) is 83.1 cm³/mol. The predicted octanol–water partition coefficient (Wildman–Crippen LogP) is 2.73. The van der Waals surface area contributed by atoms with Gasteiger partial charge in [0.15, 0.2) is 0 Å². The van der Waals surface area contributed by atoms with Gasteiger partial charge in [-0.05, 0) is 25.0 Å². The molecule has 112 valence electrons. The van der Waals surface area contributed by atoms with Gasteiger partial charge in [-0.1, -0.05) is 31.4 Å². The third-order valence-corrected chi connectivity index (χ3v) is 4.86.